The Hall–Kier alpha value is -1.83. The quantitative estimate of drug-likeness (QED) is 0.493. The molecule has 0 saturated heterocycles. The van der Waals surface area contributed by atoms with E-state index >= 15 is 0 Å². The number of ether oxygens (including phenoxy) is 1. The van der Waals surface area contributed by atoms with Crippen LogP contribution in [0.1, 0.15) is 18.4 Å². The molecule has 0 saturated carbocycles. The Morgan fingerprint density at radius 2 is 2.00 bits per heavy atom. The summed E-state index contributed by atoms with van der Waals surface area (Å²) in [6.07, 6.45) is -3.73. The van der Waals surface area contributed by atoms with Gasteiger partial charge in [0.1, 0.15) is 0 Å². The van der Waals surface area contributed by atoms with E-state index in [4.69, 9.17) is 9.84 Å². The lowest BCUT2D eigenvalue weighted by Gasteiger charge is -2.09. The fraction of sp³-hybridized carbons (Fsp3) is 0.455. The number of halogens is 3. The molecule has 1 N–H and O–H groups in total. The van der Waals surface area contributed by atoms with E-state index in [0.29, 0.717) is 18.9 Å². The third kappa shape index (κ3) is 4.40. The maximum atomic E-state index is 12.4. The zero-order valence-corrected chi connectivity index (χ0v) is 9.81. The van der Waals surface area contributed by atoms with Gasteiger partial charge in [-0.25, -0.2) is 0 Å². The summed E-state index contributed by atoms with van der Waals surface area (Å²) in [5.41, 5.74) is -1.82. The number of benzene rings is 1. The fourth-order valence-corrected chi connectivity index (χ4v) is 1.35. The third-order valence-electron chi connectivity index (χ3n) is 2.29. The molecule has 8 heteroatoms. The van der Waals surface area contributed by atoms with Crippen LogP contribution in [-0.4, -0.2) is 23.2 Å². The number of alkyl halides is 3. The van der Waals surface area contributed by atoms with Gasteiger partial charge >= 0.3 is 11.9 Å². The lowest BCUT2D eigenvalue weighted by Crippen LogP contribution is -2.07. The molecule has 0 amide bonds. The van der Waals surface area contributed by atoms with E-state index in [0.717, 1.165) is 12.1 Å². The number of aliphatic hydroxyl groups is 1. The normalized spacial score (nSPS) is 11.4. The van der Waals surface area contributed by atoms with E-state index in [-0.39, 0.29) is 19.0 Å². The molecule has 0 aliphatic carbocycles. The first-order valence-electron chi connectivity index (χ1n) is 5.45. The second kappa shape index (κ2) is 6.37. The molecule has 0 aromatic heterocycles. The van der Waals surface area contributed by atoms with Crippen molar-refractivity contribution in [2.24, 2.45) is 0 Å². The number of nitro groups is 1. The number of nitro benzene ring substituents is 1. The highest BCUT2D eigenvalue weighted by Gasteiger charge is 2.33. The van der Waals surface area contributed by atoms with Crippen LogP contribution < -0.4 is 4.74 Å². The van der Waals surface area contributed by atoms with Crippen molar-refractivity contribution in [3.8, 4) is 5.75 Å². The third-order valence-corrected chi connectivity index (χ3v) is 2.29. The number of aliphatic hydroxyl groups excluding tert-OH is 1. The van der Waals surface area contributed by atoms with Crippen LogP contribution in [0.2, 0.25) is 0 Å². The average molecular weight is 279 g/mol. The van der Waals surface area contributed by atoms with Crippen molar-refractivity contribution in [2.75, 3.05) is 13.2 Å². The minimum absolute atomic E-state index is 0.0432. The lowest BCUT2D eigenvalue weighted by molar-refractivity contribution is -0.386. The Kier molecular flexibility index (Phi) is 5.11. The van der Waals surface area contributed by atoms with E-state index in [1.54, 1.807) is 0 Å². The summed E-state index contributed by atoms with van der Waals surface area (Å²) in [4.78, 5) is 9.79. The van der Waals surface area contributed by atoms with Crippen LogP contribution in [0, 0.1) is 10.1 Å². The molecule has 0 fully saturated rings. The number of unbranched alkanes of at least 4 members (excludes halogenated alkanes) is 1. The minimum atomic E-state index is -4.64. The van der Waals surface area contributed by atoms with Crippen LogP contribution in [0.25, 0.3) is 0 Å². The summed E-state index contributed by atoms with van der Waals surface area (Å²) in [6.45, 7) is 0.0469. The van der Waals surface area contributed by atoms with Crippen molar-refractivity contribution >= 4 is 5.69 Å². The Labute approximate surface area is 106 Å². The Balaban J connectivity index is 2.90. The van der Waals surface area contributed by atoms with Gasteiger partial charge in [-0.2, -0.15) is 13.2 Å². The van der Waals surface area contributed by atoms with Gasteiger partial charge in [-0.15, -0.1) is 0 Å². The summed E-state index contributed by atoms with van der Waals surface area (Å²) >= 11 is 0. The molecule has 0 spiro atoms. The summed E-state index contributed by atoms with van der Waals surface area (Å²) < 4.78 is 42.3. The van der Waals surface area contributed by atoms with Crippen LogP contribution in [0.5, 0.6) is 5.75 Å². The number of hydrogen-bond acceptors (Lipinski definition) is 4. The predicted molar refractivity (Wildman–Crippen MR) is 59.9 cm³/mol. The maximum Gasteiger partial charge on any atom is 0.416 e. The summed E-state index contributed by atoms with van der Waals surface area (Å²) in [6, 6.07) is 2.11. The zero-order chi connectivity index (χ0) is 14.5. The summed E-state index contributed by atoms with van der Waals surface area (Å²) in [7, 11) is 0. The van der Waals surface area contributed by atoms with Crippen LogP contribution in [0.15, 0.2) is 18.2 Å². The van der Waals surface area contributed by atoms with Crippen LogP contribution >= 0.6 is 0 Å². The van der Waals surface area contributed by atoms with Crippen molar-refractivity contribution < 1.29 is 27.9 Å². The standard InChI is InChI=1S/C11H12F3NO4/c12-11(13,14)8-3-4-10(9(7-8)15(17)18)19-6-2-1-5-16/h3-4,7,16H,1-2,5-6H2. The number of hydrogen-bond donors (Lipinski definition) is 1. The van der Waals surface area contributed by atoms with E-state index < -0.39 is 22.4 Å². The molecule has 0 heterocycles. The second-order valence-electron chi connectivity index (χ2n) is 3.72. The molecule has 0 atom stereocenters. The molecular formula is C11H12F3NO4. The van der Waals surface area contributed by atoms with Crippen LogP contribution in [0.3, 0.4) is 0 Å². The van der Waals surface area contributed by atoms with Gasteiger partial charge in [-0.3, -0.25) is 10.1 Å². The van der Waals surface area contributed by atoms with Gasteiger partial charge in [-0.05, 0) is 25.0 Å². The smallest absolute Gasteiger partial charge is 0.416 e. The molecule has 1 aromatic rings. The second-order valence-corrected chi connectivity index (χ2v) is 3.72. The summed E-state index contributed by atoms with van der Waals surface area (Å²) in [5.74, 6) is -0.212. The monoisotopic (exact) mass is 279 g/mol. The topological polar surface area (TPSA) is 72.6 Å². The van der Waals surface area contributed by atoms with E-state index in [1.165, 1.54) is 0 Å². The molecule has 1 rings (SSSR count). The van der Waals surface area contributed by atoms with Crippen molar-refractivity contribution in [3.05, 3.63) is 33.9 Å². The average Bonchev–Trinajstić information content (AvgIpc) is 2.33. The van der Waals surface area contributed by atoms with Crippen molar-refractivity contribution in [1.82, 2.24) is 0 Å². The SMILES string of the molecule is O=[N+]([O-])c1cc(C(F)(F)F)ccc1OCCCCO. The predicted octanol–water partition coefficient (Wildman–Crippen LogP) is 2.76. The first-order chi connectivity index (χ1) is 8.86. The van der Waals surface area contributed by atoms with Gasteiger partial charge in [-0.1, -0.05) is 0 Å². The number of rotatable bonds is 6. The molecule has 19 heavy (non-hydrogen) atoms. The molecule has 5 nitrogen and oxygen atoms in total. The molecule has 106 valence electrons. The van der Waals surface area contributed by atoms with Gasteiger partial charge in [0, 0.05) is 12.7 Å². The van der Waals surface area contributed by atoms with Crippen molar-refractivity contribution in [3.63, 3.8) is 0 Å². The molecule has 1 aromatic carbocycles. The van der Waals surface area contributed by atoms with Gasteiger partial charge in [0.05, 0.1) is 17.1 Å². The van der Waals surface area contributed by atoms with Gasteiger partial charge in [0.15, 0.2) is 5.75 Å². The van der Waals surface area contributed by atoms with Crippen molar-refractivity contribution in [2.45, 2.75) is 19.0 Å². The van der Waals surface area contributed by atoms with E-state index in [9.17, 15) is 23.3 Å². The Bertz CT molecular complexity index is 448. The van der Waals surface area contributed by atoms with Gasteiger partial charge in [0.25, 0.3) is 0 Å². The highest BCUT2D eigenvalue weighted by atomic mass is 19.4. The lowest BCUT2D eigenvalue weighted by atomic mass is 10.2. The molecule has 0 bridgehead atoms. The maximum absolute atomic E-state index is 12.4. The molecular weight excluding hydrogens is 267 g/mol. The zero-order valence-electron chi connectivity index (χ0n) is 9.81. The summed E-state index contributed by atoms with van der Waals surface area (Å²) in [5, 5.41) is 19.3. The van der Waals surface area contributed by atoms with Crippen LogP contribution in [0.4, 0.5) is 18.9 Å². The fourth-order valence-electron chi connectivity index (χ4n) is 1.35. The first kappa shape index (κ1) is 15.2. The molecule has 0 unspecified atom stereocenters. The highest BCUT2D eigenvalue weighted by molar-refractivity contribution is 5.49. The van der Waals surface area contributed by atoms with Gasteiger partial charge in [0.2, 0.25) is 0 Å². The highest BCUT2D eigenvalue weighted by Crippen LogP contribution is 2.36. The Morgan fingerprint density at radius 3 is 2.53 bits per heavy atom. The minimum Gasteiger partial charge on any atom is -0.487 e. The number of nitrogens with zero attached hydrogens (tertiary/aromatic N) is 1. The van der Waals surface area contributed by atoms with Crippen LogP contribution in [-0.2, 0) is 6.18 Å². The van der Waals surface area contributed by atoms with E-state index in [1.807, 2.05) is 0 Å². The van der Waals surface area contributed by atoms with Gasteiger partial charge < -0.3 is 9.84 Å². The van der Waals surface area contributed by atoms with Crippen molar-refractivity contribution in [1.29, 1.82) is 0 Å². The first-order valence-corrected chi connectivity index (χ1v) is 5.45. The van der Waals surface area contributed by atoms with E-state index in [2.05, 4.69) is 0 Å². The Morgan fingerprint density at radius 1 is 1.32 bits per heavy atom. The largest absolute Gasteiger partial charge is 0.487 e. The molecule has 0 aliphatic rings. The molecule has 0 aliphatic heterocycles. The molecule has 0 radical (unpaired) electrons.